The molecule has 5 nitrogen and oxygen atoms in total. The molecule has 27 heavy (non-hydrogen) atoms. The summed E-state index contributed by atoms with van der Waals surface area (Å²) in [6, 6.07) is 17.3. The van der Waals surface area contributed by atoms with Crippen LogP contribution < -0.4 is 4.74 Å². The molecule has 134 valence electrons. The zero-order valence-corrected chi connectivity index (χ0v) is 15.2. The molecule has 0 fully saturated rings. The summed E-state index contributed by atoms with van der Waals surface area (Å²) in [5.74, 6) is -0.459. The minimum absolute atomic E-state index is 0.168. The number of rotatable bonds is 6. The Balaban J connectivity index is 2.00. The fraction of sp³-hybridized carbons (Fsp3) is 0.0952. The molecule has 0 aliphatic heterocycles. The summed E-state index contributed by atoms with van der Waals surface area (Å²) in [4.78, 5) is 25.2. The molecule has 1 heterocycles. The van der Waals surface area contributed by atoms with Crippen molar-refractivity contribution in [3.05, 3.63) is 76.2 Å². The number of carboxylic acid groups (broad SMARTS) is 1. The van der Waals surface area contributed by atoms with Crippen molar-refractivity contribution >= 4 is 23.1 Å². The SMILES string of the molecule is COc1ccc(-c2sc(C(=O)c3ccc(C#N)cc3)cc2CC(=O)O)cc1. The third kappa shape index (κ3) is 4.05. The molecular formula is C21H15NO4S. The third-order valence-electron chi connectivity index (χ3n) is 4.00. The van der Waals surface area contributed by atoms with Crippen LogP contribution in [0.2, 0.25) is 0 Å². The van der Waals surface area contributed by atoms with Gasteiger partial charge in [-0.3, -0.25) is 9.59 Å². The van der Waals surface area contributed by atoms with Gasteiger partial charge in [-0.25, -0.2) is 0 Å². The van der Waals surface area contributed by atoms with Crippen LogP contribution in [0.5, 0.6) is 5.75 Å². The van der Waals surface area contributed by atoms with Gasteiger partial charge in [-0.15, -0.1) is 11.3 Å². The molecular weight excluding hydrogens is 362 g/mol. The number of aliphatic carboxylic acids is 1. The molecule has 0 spiro atoms. The fourth-order valence-corrected chi connectivity index (χ4v) is 3.81. The molecule has 1 aromatic heterocycles. The third-order valence-corrected chi connectivity index (χ3v) is 5.23. The van der Waals surface area contributed by atoms with Crippen molar-refractivity contribution in [2.75, 3.05) is 7.11 Å². The molecule has 3 rings (SSSR count). The molecule has 0 bridgehead atoms. The van der Waals surface area contributed by atoms with Crippen molar-refractivity contribution in [1.82, 2.24) is 0 Å². The smallest absolute Gasteiger partial charge is 0.307 e. The second kappa shape index (κ2) is 7.85. The number of carbonyl (C=O) groups excluding carboxylic acids is 1. The molecule has 0 radical (unpaired) electrons. The van der Waals surface area contributed by atoms with Crippen LogP contribution in [-0.4, -0.2) is 24.0 Å². The highest BCUT2D eigenvalue weighted by Crippen LogP contribution is 2.35. The molecule has 0 atom stereocenters. The van der Waals surface area contributed by atoms with E-state index in [2.05, 4.69) is 0 Å². The average Bonchev–Trinajstić information content (AvgIpc) is 3.10. The Hall–Kier alpha value is -3.43. The van der Waals surface area contributed by atoms with Crippen LogP contribution >= 0.6 is 11.3 Å². The highest BCUT2D eigenvalue weighted by Gasteiger charge is 2.19. The van der Waals surface area contributed by atoms with E-state index in [-0.39, 0.29) is 12.2 Å². The summed E-state index contributed by atoms with van der Waals surface area (Å²) >= 11 is 1.26. The van der Waals surface area contributed by atoms with E-state index < -0.39 is 5.97 Å². The van der Waals surface area contributed by atoms with Crippen LogP contribution in [0, 0.1) is 11.3 Å². The van der Waals surface area contributed by atoms with E-state index in [1.807, 2.05) is 18.2 Å². The van der Waals surface area contributed by atoms with E-state index in [0.29, 0.717) is 27.3 Å². The molecule has 2 aromatic carbocycles. The molecule has 1 N–H and O–H groups in total. The van der Waals surface area contributed by atoms with Gasteiger partial charge in [-0.05, 0) is 65.7 Å². The number of carbonyl (C=O) groups is 2. The first kappa shape index (κ1) is 18.4. The Morgan fingerprint density at radius 1 is 1.11 bits per heavy atom. The number of nitriles is 1. The zero-order valence-electron chi connectivity index (χ0n) is 14.4. The van der Waals surface area contributed by atoms with Crippen LogP contribution in [0.4, 0.5) is 0 Å². The number of ether oxygens (including phenoxy) is 1. The van der Waals surface area contributed by atoms with Gasteiger partial charge < -0.3 is 9.84 Å². The summed E-state index contributed by atoms with van der Waals surface area (Å²) < 4.78 is 5.15. The molecule has 0 aliphatic rings. The molecule has 6 heteroatoms. The topological polar surface area (TPSA) is 87.4 Å². The lowest BCUT2D eigenvalue weighted by molar-refractivity contribution is -0.136. The summed E-state index contributed by atoms with van der Waals surface area (Å²) in [5, 5.41) is 18.1. The first-order valence-corrected chi connectivity index (χ1v) is 8.87. The van der Waals surface area contributed by atoms with Gasteiger partial charge in [0.1, 0.15) is 5.75 Å². The Bertz CT molecular complexity index is 1030. The second-order valence-corrected chi connectivity index (χ2v) is 6.83. The monoisotopic (exact) mass is 377 g/mol. The number of hydrogen-bond donors (Lipinski definition) is 1. The van der Waals surface area contributed by atoms with Crippen LogP contribution in [0.1, 0.15) is 26.4 Å². The number of hydrogen-bond acceptors (Lipinski definition) is 5. The summed E-state index contributed by atoms with van der Waals surface area (Å²) in [6.07, 6.45) is -0.168. The highest BCUT2D eigenvalue weighted by molar-refractivity contribution is 7.17. The second-order valence-electron chi connectivity index (χ2n) is 5.78. The lowest BCUT2D eigenvalue weighted by atomic mass is 10.0. The fourth-order valence-electron chi connectivity index (χ4n) is 2.66. The van der Waals surface area contributed by atoms with E-state index in [4.69, 9.17) is 10.00 Å². The lowest BCUT2D eigenvalue weighted by Gasteiger charge is -2.04. The number of benzene rings is 2. The molecule has 3 aromatic rings. The minimum atomic E-state index is -0.958. The van der Waals surface area contributed by atoms with E-state index in [1.54, 1.807) is 49.6 Å². The maximum atomic E-state index is 12.8. The van der Waals surface area contributed by atoms with Gasteiger partial charge in [0.05, 0.1) is 30.0 Å². The number of methoxy groups -OCH3 is 1. The first-order chi connectivity index (χ1) is 13.0. The van der Waals surface area contributed by atoms with Gasteiger partial charge in [0.25, 0.3) is 0 Å². The Morgan fingerprint density at radius 2 is 1.78 bits per heavy atom. The van der Waals surface area contributed by atoms with Crippen molar-refractivity contribution in [3.63, 3.8) is 0 Å². The molecule has 0 amide bonds. The predicted molar refractivity (Wildman–Crippen MR) is 102 cm³/mol. The minimum Gasteiger partial charge on any atom is -0.497 e. The molecule has 0 saturated heterocycles. The van der Waals surface area contributed by atoms with Crippen molar-refractivity contribution < 1.29 is 19.4 Å². The van der Waals surface area contributed by atoms with Gasteiger partial charge in [0.2, 0.25) is 5.78 Å². The van der Waals surface area contributed by atoms with Crippen molar-refractivity contribution in [3.8, 4) is 22.3 Å². The maximum Gasteiger partial charge on any atom is 0.307 e. The van der Waals surface area contributed by atoms with Crippen molar-refractivity contribution in [2.45, 2.75) is 6.42 Å². The van der Waals surface area contributed by atoms with Crippen LogP contribution in [0.3, 0.4) is 0 Å². The van der Waals surface area contributed by atoms with Crippen LogP contribution in [0.25, 0.3) is 10.4 Å². The van der Waals surface area contributed by atoms with Crippen molar-refractivity contribution in [1.29, 1.82) is 5.26 Å². The van der Waals surface area contributed by atoms with Gasteiger partial charge >= 0.3 is 5.97 Å². The van der Waals surface area contributed by atoms with Crippen LogP contribution in [0.15, 0.2) is 54.6 Å². The summed E-state index contributed by atoms with van der Waals surface area (Å²) in [6.45, 7) is 0. The van der Waals surface area contributed by atoms with E-state index in [1.165, 1.54) is 11.3 Å². The summed E-state index contributed by atoms with van der Waals surface area (Å²) in [7, 11) is 1.57. The van der Waals surface area contributed by atoms with E-state index in [9.17, 15) is 14.7 Å². The molecule has 0 saturated carbocycles. The zero-order chi connectivity index (χ0) is 19.4. The summed E-state index contributed by atoms with van der Waals surface area (Å²) in [5.41, 5.74) is 2.35. The number of thiophene rings is 1. The maximum absolute atomic E-state index is 12.8. The first-order valence-electron chi connectivity index (χ1n) is 8.05. The van der Waals surface area contributed by atoms with E-state index >= 15 is 0 Å². The Labute approximate surface area is 160 Å². The average molecular weight is 377 g/mol. The predicted octanol–water partition coefficient (Wildman–Crippen LogP) is 4.15. The Kier molecular flexibility index (Phi) is 5.34. The standard InChI is InChI=1S/C21H15NO4S/c1-26-17-8-6-15(7-9-17)21-16(11-19(23)24)10-18(27-21)20(25)14-4-2-13(12-22)3-5-14/h2-10H,11H2,1H3,(H,23,24). The largest absolute Gasteiger partial charge is 0.497 e. The Morgan fingerprint density at radius 3 is 2.33 bits per heavy atom. The molecule has 0 unspecified atom stereocenters. The number of carboxylic acids is 1. The van der Waals surface area contributed by atoms with Gasteiger partial charge in [0.15, 0.2) is 0 Å². The van der Waals surface area contributed by atoms with Gasteiger partial charge in [-0.1, -0.05) is 0 Å². The highest BCUT2D eigenvalue weighted by atomic mass is 32.1. The van der Waals surface area contributed by atoms with Gasteiger partial charge in [0, 0.05) is 10.4 Å². The normalized spacial score (nSPS) is 10.2. The number of nitrogens with zero attached hydrogens (tertiary/aromatic N) is 1. The lowest BCUT2D eigenvalue weighted by Crippen LogP contribution is -2.01. The van der Waals surface area contributed by atoms with Gasteiger partial charge in [-0.2, -0.15) is 5.26 Å². The number of ketones is 1. The molecule has 0 aliphatic carbocycles. The van der Waals surface area contributed by atoms with Crippen molar-refractivity contribution in [2.24, 2.45) is 0 Å². The quantitative estimate of drug-likeness (QED) is 0.652. The van der Waals surface area contributed by atoms with E-state index in [0.717, 1.165) is 10.4 Å². The van der Waals surface area contributed by atoms with Crippen LogP contribution in [-0.2, 0) is 11.2 Å².